The number of nitrogens with zero attached hydrogens (tertiary/aromatic N) is 2. The van der Waals surface area contributed by atoms with Crippen molar-refractivity contribution in [2.45, 2.75) is 75.4 Å². The van der Waals surface area contributed by atoms with Crippen molar-refractivity contribution in [1.82, 2.24) is 9.62 Å². The Kier molecular flexibility index (Phi) is 11.6. The molecule has 0 aliphatic carbocycles. The molecule has 5 atom stereocenters. The molecule has 240 valence electrons. The number of alkyl carbamates (subject to hydrolysis) is 1. The Bertz CT molecular complexity index is 1380. The molecule has 11 nitrogen and oxygen atoms in total. The number of hydrogen-bond donors (Lipinski definition) is 3. The number of fused-ring (bicyclic) bond motifs is 1. The summed E-state index contributed by atoms with van der Waals surface area (Å²) in [5.41, 5.74) is 1.00. The van der Waals surface area contributed by atoms with E-state index in [2.05, 4.69) is 16.7 Å². The summed E-state index contributed by atoms with van der Waals surface area (Å²) in [4.78, 5) is 13.2. The van der Waals surface area contributed by atoms with Crippen molar-refractivity contribution in [3.8, 4) is 6.07 Å². The Morgan fingerprint density at radius 2 is 1.98 bits per heavy atom. The predicted octanol–water partition coefficient (Wildman–Crippen LogP) is 3.90. The lowest BCUT2D eigenvalue weighted by Gasteiger charge is -2.35. The van der Waals surface area contributed by atoms with Gasteiger partial charge in [0.05, 0.1) is 42.2 Å². The van der Waals surface area contributed by atoms with E-state index in [1.807, 2.05) is 44.2 Å². The van der Waals surface area contributed by atoms with Crippen LogP contribution in [0.15, 0.2) is 59.5 Å². The quantitative estimate of drug-likeness (QED) is 0.250. The van der Waals surface area contributed by atoms with Crippen LogP contribution in [0.3, 0.4) is 0 Å². The highest BCUT2D eigenvalue weighted by molar-refractivity contribution is 7.89. The maximum atomic E-state index is 14.1. The number of sulfonamides is 1. The van der Waals surface area contributed by atoms with Crippen LogP contribution in [0.2, 0.25) is 0 Å². The fourth-order valence-corrected chi connectivity index (χ4v) is 7.46. The van der Waals surface area contributed by atoms with E-state index in [0.717, 1.165) is 12.0 Å². The number of unbranched alkanes of at least 4 members (excludes halogenated alkanes) is 1. The average Bonchev–Trinajstić information content (AvgIpc) is 3.62. The summed E-state index contributed by atoms with van der Waals surface area (Å²) in [5, 5.41) is 26.5. The van der Waals surface area contributed by atoms with Crippen molar-refractivity contribution in [2.24, 2.45) is 11.3 Å². The maximum absolute atomic E-state index is 14.1. The largest absolute Gasteiger partial charge is 0.443 e. The van der Waals surface area contributed by atoms with Crippen LogP contribution in [0.1, 0.15) is 45.1 Å². The van der Waals surface area contributed by atoms with Gasteiger partial charge >= 0.3 is 6.09 Å². The molecular weight excluding hydrogens is 584 g/mol. The molecule has 1 amide bonds. The van der Waals surface area contributed by atoms with E-state index >= 15 is 0 Å². The first-order valence-electron chi connectivity index (χ1n) is 15.1. The Morgan fingerprint density at radius 3 is 2.70 bits per heavy atom. The maximum Gasteiger partial charge on any atom is 0.407 e. The van der Waals surface area contributed by atoms with Gasteiger partial charge in [-0.3, -0.25) is 0 Å². The normalized spacial score (nSPS) is 21.3. The van der Waals surface area contributed by atoms with Crippen molar-refractivity contribution in [2.75, 3.05) is 38.7 Å². The Labute approximate surface area is 260 Å². The van der Waals surface area contributed by atoms with Gasteiger partial charge in [0.15, 0.2) is 6.29 Å². The second-order valence-corrected chi connectivity index (χ2v) is 14.2. The number of benzene rings is 2. The molecule has 3 N–H and O–H groups in total. The SMILES string of the molecule is CNc1cccc(S(=O)(=O)N(CC(O)[C@H](Cc2ccccc2)NC(=O)OC2COC3OCCC23)CC(C)(C)CCCC#N)c1. The van der Waals surface area contributed by atoms with Gasteiger partial charge in [-0.25, -0.2) is 13.2 Å². The van der Waals surface area contributed by atoms with Gasteiger partial charge in [-0.05, 0) is 54.9 Å². The average molecular weight is 629 g/mol. The minimum absolute atomic E-state index is 0.0458. The number of nitriles is 1. The molecule has 4 rings (SSSR count). The van der Waals surface area contributed by atoms with Gasteiger partial charge in [-0.2, -0.15) is 9.57 Å². The Hall–Kier alpha value is -3.21. The summed E-state index contributed by atoms with van der Waals surface area (Å²) in [6.07, 6.45) is -0.247. The molecule has 2 aromatic carbocycles. The van der Waals surface area contributed by atoms with E-state index in [-0.39, 0.29) is 43.2 Å². The summed E-state index contributed by atoms with van der Waals surface area (Å²) in [7, 11) is -2.35. The van der Waals surface area contributed by atoms with Crippen LogP contribution in [0, 0.1) is 22.7 Å². The van der Waals surface area contributed by atoms with Gasteiger partial charge in [0, 0.05) is 32.2 Å². The Balaban J connectivity index is 1.57. The molecule has 2 fully saturated rings. The summed E-state index contributed by atoms with van der Waals surface area (Å²) >= 11 is 0. The third-order valence-electron chi connectivity index (χ3n) is 8.21. The second kappa shape index (κ2) is 15.2. The van der Waals surface area contributed by atoms with Crippen LogP contribution in [0.5, 0.6) is 0 Å². The highest BCUT2D eigenvalue weighted by atomic mass is 32.2. The van der Waals surface area contributed by atoms with Crippen LogP contribution in [0.25, 0.3) is 0 Å². The number of amides is 1. The molecule has 44 heavy (non-hydrogen) atoms. The number of hydrogen-bond acceptors (Lipinski definition) is 9. The smallest absolute Gasteiger partial charge is 0.407 e. The minimum Gasteiger partial charge on any atom is -0.443 e. The minimum atomic E-state index is -4.06. The molecule has 2 heterocycles. The number of rotatable bonds is 15. The van der Waals surface area contributed by atoms with Crippen molar-refractivity contribution in [3.05, 3.63) is 60.2 Å². The fourth-order valence-electron chi connectivity index (χ4n) is 5.77. The first-order valence-corrected chi connectivity index (χ1v) is 16.5. The molecule has 0 spiro atoms. The second-order valence-electron chi connectivity index (χ2n) is 12.2. The van der Waals surface area contributed by atoms with Crippen LogP contribution >= 0.6 is 0 Å². The first kappa shape index (κ1) is 33.7. The van der Waals surface area contributed by atoms with Crippen molar-refractivity contribution >= 4 is 21.8 Å². The zero-order valence-corrected chi connectivity index (χ0v) is 26.5. The number of nitrogens with one attached hydrogen (secondary N) is 2. The van der Waals surface area contributed by atoms with E-state index in [1.165, 1.54) is 10.4 Å². The summed E-state index contributed by atoms with van der Waals surface area (Å²) < 4.78 is 46.3. The van der Waals surface area contributed by atoms with Gasteiger partial charge < -0.3 is 30.0 Å². The van der Waals surface area contributed by atoms with Crippen LogP contribution in [0.4, 0.5) is 10.5 Å². The molecule has 2 aliphatic heterocycles. The first-order chi connectivity index (χ1) is 21.0. The van der Waals surface area contributed by atoms with E-state index in [9.17, 15) is 18.3 Å². The zero-order chi connectivity index (χ0) is 31.7. The molecular formula is C32H44N4O7S. The van der Waals surface area contributed by atoms with Crippen LogP contribution in [-0.4, -0.2) is 81.8 Å². The molecule has 0 aromatic heterocycles. The predicted molar refractivity (Wildman–Crippen MR) is 165 cm³/mol. The van der Waals surface area contributed by atoms with Gasteiger partial charge in [0.25, 0.3) is 0 Å². The van der Waals surface area contributed by atoms with Crippen molar-refractivity contribution in [3.63, 3.8) is 0 Å². The number of anilines is 1. The Morgan fingerprint density at radius 1 is 1.20 bits per heavy atom. The molecule has 4 unspecified atom stereocenters. The van der Waals surface area contributed by atoms with E-state index in [1.54, 1.807) is 25.2 Å². The van der Waals surface area contributed by atoms with Gasteiger partial charge in [-0.15, -0.1) is 0 Å². The van der Waals surface area contributed by atoms with E-state index in [4.69, 9.17) is 19.5 Å². The standard InChI is InChI=1S/C32H44N4O7S/c1-32(2,15-7-8-16-33)22-36(44(39,40)25-13-9-12-24(19-25)34-3)20-28(37)27(18-23-10-5-4-6-11-23)35-31(38)43-29-21-42-30-26(29)14-17-41-30/h4-6,9-13,19,26-30,34,37H,7-8,14-15,17-18,20-22H2,1-3H3,(H,35,38)/t26?,27-,28?,29?,30?/m0/s1. The number of aliphatic hydroxyl groups excluding tert-OH is 1. The molecule has 0 bridgehead atoms. The summed E-state index contributed by atoms with van der Waals surface area (Å²) in [5.74, 6) is -0.0458. The monoisotopic (exact) mass is 628 g/mol. The summed E-state index contributed by atoms with van der Waals surface area (Å²) in [6, 6.07) is 17.2. The highest BCUT2D eigenvalue weighted by Gasteiger charge is 2.44. The van der Waals surface area contributed by atoms with E-state index < -0.39 is 39.8 Å². The fraction of sp³-hybridized carbons (Fsp3) is 0.562. The lowest BCUT2D eigenvalue weighted by atomic mass is 9.87. The lowest BCUT2D eigenvalue weighted by molar-refractivity contribution is -0.0907. The topological polar surface area (TPSA) is 150 Å². The third-order valence-corrected chi connectivity index (χ3v) is 10.0. The third kappa shape index (κ3) is 8.92. The van der Waals surface area contributed by atoms with Gasteiger partial charge in [-0.1, -0.05) is 50.2 Å². The molecule has 0 radical (unpaired) electrons. The highest BCUT2D eigenvalue weighted by Crippen LogP contribution is 2.33. The molecule has 2 aliphatic rings. The van der Waals surface area contributed by atoms with Crippen LogP contribution < -0.4 is 10.6 Å². The number of carbonyl (C=O) groups is 1. The lowest BCUT2D eigenvalue weighted by Crippen LogP contribution is -2.52. The molecule has 2 aromatic rings. The molecule has 0 saturated carbocycles. The molecule has 2 saturated heterocycles. The zero-order valence-electron chi connectivity index (χ0n) is 25.6. The molecule has 12 heteroatoms. The van der Waals surface area contributed by atoms with Crippen molar-refractivity contribution < 1.29 is 32.5 Å². The number of carbonyl (C=O) groups excluding carboxylic acids is 1. The summed E-state index contributed by atoms with van der Waals surface area (Å²) in [6.45, 7) is 4.51. The van der Waals surface area contributed by atoms with Gasteiger partial charge in [0.1, 0.15) is 6.10 Å². The van der Waals surface area contributed by atoms with Gasteiger partial charge in [0.2, 0.25) is 10.0 Å². The number of ether oxygens (including phenoxy) is 3. The van der Waals surface area contributed by atoms with Crippen LogP contribution in [-0.2, 0) is 30.7 Å². The number of aliphatic hydroxyl groups is 1. The van der Waals surface area contributed by atoms with Crippen molar-refractivity contribution in [1.29, 1.82) is 5.26 Å². The van der Waals surface area contributed by atoms with E-state index in [0.29, 0.717) is 31.6 Å².